The molecule has 0 aromatic heterocycles. The van der Waals surface area contributed by atoms with Gasteiger partial charge in [-0.3, -0.25) is 0 Å². The molecule has 2 amide bonds. The van der Waals surface area contributed by atoms with Crippen LogP contribution in [0.5, 0.6) is 0 Å². The predicted molar refractivity (Wildman–Crippen MR) is 94.0 cm³/mol. The molecule has 1 fully saturated rings. The van der Waals surface area contributed by atoms with Gasteiger partial charge in [0.1, 0.15) is 5.82 Å². The lowest BCUT2D eigenvalue weighted by atomic mass is 10.0. The number of aliphatic hydroxyl groups is 1. The van der Waals surface area contributed by atoms with Crippen LogP contribution in [0.3, 0.4) is 0 Å². The SMILES string of the molecule is CC[C@@](C)(CO)NC(=O)Nc1cc(F)ccc1N1CCN(C)CC1. The van der Waals surface area contributed by atoms with Crippen molar-refractivity contribution in [1.82, 2.24) is 10.2 Å². The Morgan fingerprint density at radius 2 is 2.00 bits per heavy atom. The standard InChI is InChI=1S/C17H27FN4O2/c1-4-17(2,12-23)20-16(24)19-14-11-13(18)5-6-15(14)22-9-7-21(3)8-10-22/h5-6,11,23H,4,7-10,12H2,1-3H3,(H2,19,20,24)/t17-/m0/s1. The first-order valence-electron chi connectivity index (χ1n) is 8.30. The summed E-state index contributed by atoms with van der Waals surface area (Å²) in [5, 5.41) is 14.9. The van der Waals surface area contributed by atoms with Crippen LogP contribution in [0.2, 0.25) is 0 Å². The maximum Gasteiger partial charge on any atom is 0.319 e. The zero-order valence-corrected chi connectivity index (χ0v) is 14.6. The van der Waals surface area contributed by atoms with E-state index in [0.717, 1.165) is 31.9 Å². The van der Waals surface area contributed by atoms with Crippen LogP contribution in [0.25, 0.3) is 0 Å². The molecule has 0 spiro atoms. The summed E-state index contributed by atoms with van der Waals surface area (Å²) in [6.07, 6.45) is 0.589. The minimum atomic E-state index is -0.703. The molecule has 1 atom stereocenters. The number of urea groups is 1. The third-order valence-electron chi connectivity index (χ3n) is 4.60. The molecule has 1 aromatic carbocycles. The monoisotopic (exact) mass is 338 g/mol. The van der Waals surface area contributed by atoms with Crippen molar-refractivity contribution in [3.05, 3.63) is 24.0 Å². The Labute approximate surface area is 142 Å². The molecule has 0 saturated carbocycles. The van der Waals surface area contributed by atoms with Crippen LogP contribution in [0.1, 0.15) is 20.3 Å². The second-order valence-corrected chi connectivity index (χ2v) is 6.60. The summed E-state index contributed by atoms with van der Waals surface area (Å²) in [5.41, 5.74) is 0.543. The van der Waals surface area contributed by atoms with E-state index < -0.39 is 17.4 Å². The minimum absolute atomic E-state index is 0.161. The Morgan fingerprint density at radius 1 is 1.33 bits per heavy atom. The van der Waals surface area contributed by atoms with Crippen LogP contribution in [-0.4, -0.2) is 61.4 Å². The summed E-state index contributed by atoms with van der Waals surface area (Å²) >= 11 is 0. The highest BCUT2D eigenvalue weighted by molar-refractivity contribution is 5.93. The lowest BCUT2D eigenvalue weighted by Crippen LogP contribution is -2.50. The number of benzene rings is 1. The maximum absolute atomic E-state index is 13.7. The van der Waals surface area contributed by atoms with Crippen molar-refractivity contribution in [3.63, 3.8) is 0 Å². The normalized spacial score (nSPS) is 18.1. The summed E-state index contributed by atoms with van der Waals surface area (Å²) in [4.78, 5) is 16.6. The van der Waals surface area contributed by atoms with E-state index in [1.54, 1.807) is 13.0 Å². The van der Waals surface area contributed by atoms with Crippen molar-refractivity contribution in [1.29, 1.82) is 0 Å². The number of nitrogens with one attached hydrogen (secondary N) is 2. The molecule has 0 unspecified atom stereocenters. The number of anilines is 2. The van der Waals surface area contributed by atoms with Crippen LogP contribution >= 0.6 is 0 Å². The number of rotatable bonds is 5. The molecule has 2 rings (SSSR count). The number of halogens is 1. The van der Waals surface area contributed by atoms with E-state index in [0.29, 0.717) is 12.1 Å². The molecule has 134 valence electrons. The van der Waals surface area contributed by atoms with E-state index in [9.17, 15) is 14.3 Å². The number of hydrogen-bond donors (Lipinski definition) is 3. The van der Waals surface area contributed by atoms with Crippen LogP contribution < -0.4 is 15.5 Å². The van der Waals surface area contributed by atoms with Gasteiger partial charge in [0.05, 0.1) is 23.5 Å². The van der Waals surface area contributed by atoms with Gasteiger partial charge in [0, 0.05) is 26.2 Å². The van der Waals surface area contributed by atoms with Gasteiger partial charge in [-0.15, -0.1) is 0 Å². The van der Waals surface area contributed by atoms with Gasteiger partial charge >= 0.3 is 6.03 Å². The van der Waals surface area contributed by atoms with E-state index in [-0.39, 0.29) is 6.61 Å². The van der Waals surface area contributed by atoms with E-state index in [1.807, 2.05) is 6.92 Å². The topological polar surface area (TPSA) is 67.8 Å². The van der Waals surface area contributed by atoms with Crippen LogP contribution in [0.15, 0.2) is 18.2 Å². The quantitative estimate of drug-likeness (QED) is 0.767. The molecule has 1 heterocycles. The van der Waals surface area contributed by atoms with Gasteiger partial charge in [0.2, 0.25) is 0 Å². The Kier molecular flexibility index (Phi) is 6.01. The van der Waals surface area contributed by atoms with Crippen molar-refractivity contribution < 1.29 is 14.3 Å². The first kappa shape index (κ1) is 18.5. The average molecular weight is 338 g/mol. The van der Waals surface area contributed by atoms with Crippen molar-refractivity contribution in [2.45, 2.75) is 25.8 Å². The fourth-order valence-electron chi connectivity index (χ4n) is 2.60. The lowest BCUT2D eigenvalue weighted by Gasteiger charge is -2.35. The molecular formula is C17H27FN4O2. The molecule has 1 aliphatic rings. The molecule has 7 heteroatoms. The van der Waals surface area contributed by atoms with Crippen molar-refractivity contribution >= 4 is 17.4 Å². The van der Waals surface area contributed by atoms with Gasteiger partial charge in [-0.05, 0) is 38.6 Å². The molecule has 3 N–H and O–H groups in total. The Morgan fingerprint density at radius 3 is 2.58 bits per heavy atom. The summed E-state index contributed by atoms with van der Waals surface area (Å²) < 4.78 is 13.7. The van der Waals surface area contributed by atoms with Gasteiger partial charge in [-0.1, -0.05) is 6.92 Å². The second-order valence-electron chi connectivity index (χ2n) is 6.60. The number of likely N-dealkylation sites (N-methyl/N-ethyl adjacent to an activating group) is 1. The van der Waals surface area contributed by atoms with Crippen molar-refractivity contribution in [3.8, 4) is 0 Å². The maximum atomic E-state index is 13.7. The van der Waals surface area contributed by atoms with Gasteiger partial charge in [-0.2, -0.15) is 0 Å². The second kappa shape index (κ2) is 7.81. The summed E-state index contributed by atoms with van der Waals surface area (Å²) in [5.74, 6) is -0.399. The summed E-state index contributed by atoms with van der Waals surface area (Å²) in [7, 11) is 2.06. The molecule has 1 aromatic rings. The van der Waals surface area contributed by atoms with Crippen LogP contribution in [0, 0.1) is 5.82 Å². The van der Waals surface area contributed by atoms with Crippen molar-refractivity contribution in [2.24, 2.45) is 0 Å². The molecule has 0 aliphatic carbocycles. The highest BCUT2D eigenvalue weighted by atomic mass is 19.1. The number of piperazine rings is 1. The average Bonchev–Trinajstić information content (AvgIpc) is 2.56. The zero-order valence-electron chi connectivity index (χ0n) is 14.6. The minimum Gasteiger partial charge on any atom is -0.394 e. The highest BCUT2D eigenvalue weighted by Crippen LogP contribution is 2.28. The molecule has 24 heavy (non-hydrogen) atoms. The number of amides is 2. The van der Waals surface area contributed by atoms with Crippen LogP contribution in [0.4, 0.5) is 20.6 Å². The molecular weight excluding hydrogens is 311 g/mol. The highest BCUT2D eigenvalue weighted by Gasteiger charge is 2.24. The molecule has 6 nitrogen and oxygen atoms in total. The van der Waals surface area contributed by atoms with Crippen LogP contribution in [-0.2, 0) is 0 Å². The number of hydrogen-bond acceptors (Lipinski definition) is 4. The molecule has 0 radical (unpaired) electrons. The third kappa shape index (κ3) is 4.58. The Balaban J connectivity index is 2.14. The fraction of sp³-hybridized carbons (Fsp3) is 0.588. The number of aliphatic hydroxyl groups excluding tert-OH is 1. The van der Waals surface area contributed by atoms with E-state index in [2.05, 4.69) is 27.5 Å². The number of nitrogens with zero attached hydrogens (tertiary/aromatic N) is 2. The fourth-order valence-corrected chi connectivity index (χ4v) is 2.60. The van der Waals surface area contributed by atoms with Crippen molar-refractivity contribution in [2.75, 3.05) is 50.1 Å². The zero-order chi connectivity index (χ0) is 17.7. The largest absolute Gasteiger partial charge is 0.394 e. The molecule has 1 aliphatic heterocycles. The predicted octanol–water partition coefficient (Wildman–Crippen LogP) is 1.86. The first-order chi connectivity index (χ1) is 11.4. The Bertz CT molecular complexity index is 570. The Hall–Kier alpha value is -1.86. The van der Waals surface area contributed by atoms with Gasteiger partial charge in [-0.25, -0.2) is 9.18 Å². The van der Waals surface area contributed by atoms with Gasteiger partial charge < -0.3 is 25.5 Å². The number of carbonyl (C=O) groups excluding carboxylic acids is 1. The van der Waals surface area contributed by atoms with Gasteiger partial charge in [0.15, 0.2) is 0 Å². The van der Waals surface area contributed by atoms with Gasteiger partial charge in [0.25, 0.3) is 0 Å². The third-order valence-corrected chi connectivity index (χ3v) is 4.60. The summed E-state index contributed by atoms with van der Waals surface area (Å²) in [6, 6.07) is 3.98. The van der Waals surface area contributed by atoms with E-state index in [4.69, 9.17) is 0 Å². The van der Waals surface area contributed by atoms with E-state index >= 15 is 0 Å². The molecule has 0 bridgehead atoms. The first-order valence-corrected chi connectivity index (χ1v) is 8.30. The summed E-state index contributed by atoms with van der Waals surface area (Å²) in [6.45, 7) is 6.96. The number of carbonyl (C=O) groups is 1. The lowest BCUT2D eigenvalue weighted by molar-refractivity contribution is 0.172. The smallest absolute Gasteiger partial charge is 0.319 e. The van der Waals surface area contributed by atoms with E-state index in [1.165, 1.54) is 12.1 Å². The molecule has 1 saturated heterocycles.